The molecule has 148 valence electrons. The molecule has 4 aromatic rings. The molecule has 0 saturated heterocycles. The number of fused-ring (bicyclic) bond motifs is 1. The van der Waals surface area contributed by atoms with E-state index in [9.17, 15) is 9.59 Å². The number of aromatic nitrogens is 2. The molecule has 1 aromatic carbocycles. The molecule has 4 rings (SSSR count). The van der Waals surface area contributed by atoms with Gasteiger partial charge in [-0.05, 0) is 36.8 Å². The van der Waals surface area contributed by atoms with Crippen molar-refractivity contribution >= 4 is 27.5 Å². The Balaban J connectivity index is 1.78. The van der Waals surface area contributed by atoms with Crippen LogP contribution in [0.5, 0.6) is 5.75 Å². The van der Waals surface area contributed by atoms with Crippen LogP contribution in [0.15, 0.2) is 51.0 Å². The van der Waals surface area contributed by atoms with Crippen LogP contribution < -0.4 is 10.3 Å². The van der Waals surface area contributed by atoms with Crippen molar-refractivity contribution in [2.75, 3.05) is 14.2 Å². The van der Waals surface area contributed by atoms with Crippen LogP contribution in [0.2, 0.25) is 0 Å². The smallest absolute Gasteiger partial charge is 0.373 e. The molecule has 3 heterocycles. The van der Waals surface area contributed by atoms with E-state index in [2.05, 4.69) is 9.72 Å². The van der Waals surface area contributed by atoms with Gasteiger partial charge in [0, 0.05) is 10.9 Å². The van der Waals surface area contributed by atoms with Crippen LogP contribution in [0.3, 0.4) is 0 Å². The average molecular weight is 410 g/mol. The van der Waals surface area contributed by atoms with Gasteiger partial charge in [0.1, 0.15) is 22.2 Å². The van der Waals surface area contributed by atoms with E-state index in [-0.39, 0.29) is 17.9 Å². The summed E-state index contributed by atoms with van der Waals surface area (Å²) in [5, 5.41) is 2.50. The highest BCUT2D eigenvalue weighted by Crippen LogP contribution is 2.32. The number of nitrogens with zero attached hydrogens (tertiary/aromatic N) is 2. The Bertz CT molecular complexity index is 1250. The minimum atomic E-state index is -0.562. The van der Waals surface area contributed by atoms with Gasteiger partial charge in [0.15, 0.2) is 0 Å². The van der Waals surface area contributed by atoms with Crippen LogP contribution in [0.1, 0.15) is 22.1 Å². The number of aryl methyl sites for hydroxylation is 1. The number of furan rings is 1. The predicted molar refractivity (Wildman–Crippen MR) is 110 cm³/mol. The lowest BCUT2D eigenvalue weighted by atomic mass is 10.1. The highest BCUT2D eigenvalue weighted by atomic mass is 32.1. The van der Waals surface area contributed by atoms with Gasteiger partial charge in [-0.15, -0.1) is 11.3 Å². The molecule has 0 aliphatic heterocycles. The van der Waals surface area contributed by atoms with E-state index in [0.717, 1.165) is 16.9 Å². The fourth-order valence-corrected chi connectivity index (χ4v) is 4.11. The Morgan fingerprint density at radius 1 is 1.17 bits per heavy atom. The standard InChI is InChI=1S/C21H18N2O5S/c1-12-22-19-18(16(11-29-19)13-4-6-14(26-2)7-5-13)20(24)23(12)10-15-8-9-17(28-15)21(25)27-3/h4-9,11H,10H2,1-3H3. The highest BCUT2D eigenvalue weighted by molar-refractivity contribution is 7.17. The molecule has 0 fully saturated rings. The minimum Gasteiger partial charge on any atom is -0.497 e. The van der Waals surface area contributed by atoms with Gasteiger partial charge in [0.2, 0.25) is 5.76 Å². The summed E-state index contributed by atoms with van der Waals surface area (Å²) in [5.74, 6) is 1.32. The van der Waals surface area contributed by atoms with E-state index in [1.54, 1.807) is 24.7 Å². The third kappa shape index (κ3) is 3.42. The first kappa shape index (κ1) is 18.9. The molecule has 0 radical (unpaired) electrons. The van der Waals surface area contributed by atoms with Crippen molar-refractivity contribution < 1.29 is 18.7 Å². The van der Waals surface area contributed by atoms with Gasteiger partial charge in [0.25, 0.3) is 5.56 Å². The number of hydrogen-bond donors (Lipinski definition) is 0. The van der Waals surface area contributed by atoms with Gasteiger partial charge >= 0.3 is 5.97 Å². The number of esters is 1. The second-order valence-corrected chi connectivity index (χ2v) is 7.22. The lowest BCUT2D eigenvalue weighted by Gasteiger charge is -2.09. The van der Waals surface area contributed by atoms with Crippen LogP contribution in [0.4, 0.5) is 0 Å². The number of carbonyl (C=O) groups is 1. The number of hydrogen-bond acceptors (Lipinski definition) is 7. The molecule has 0 N–H and O–H groups in total. The zero-order chi connectivity index (χ0) is 20.5. The Morgan fingerprint density at radius 3 is 2.62 bits per heavy atom. The molecule has 8 heteroatoms. The maximum Gasteiger partial charge on any atom is 0.373 e. The molecule has 7 nitrogen and oxygen atoms in total. The normalized spacial score (nSPS) is 11.0. The number of thiophene rings is 1. The van der Waals surface area contributed by atoms with Crippen molar-refractivity contribution in [1.29, 1.82) is 0 Å². The largest absolute Gasteiger partial charge is 0.497 e. The fraction of sp³-hybridized carbons (Fsp3) is 0.190. The van der Waals surface area contributed by atoms with E-state index >= 15 is 0 Å². The van der Waals surface area contributed by atoms with Crippen molar-refractivity contribution in [2.24, 2.45) is 0 Å². The second-order valence-electron chi connectivity index (χ2n) is 6.37. The van der Waals surface area contributed by atoms with Crippen molar-refractivity contribution in [3.63, 3.8) is 0 Å². The third-order valence-corrected chi connectivity index (χ3v) is 5.52. The molecule has 0 unspecified atom stereocenters. The summed E-state index contributed by atoms with van der Waals surface area (Å²) >= 11 is 1.43. The van der Waals surface area contributed by atoms with Crippen molar-refractivity contribution in [3.05, 3.63) is 69.5 Å². The van der Waals surface area contributed by atoms with Gasteiger partial charge in [-0.1, -0.05) is 12.1 Å². The van der Waals surface area contributed by atoms with Crippen LogP contribution >= 0.6 is 11.3 Å². The average Bonchev–Trinajstić information content (AvgIpc) is 3.38. The molecule has 29 heavy (non-hydrogen) atoms. The molecular weight excluding hydrogens is 392 g/mol. The second kappa shape index (κ2) is 7.56. The van der Waals surface area contributed by atoms with E-state index in [0.29, 0.717) is 21.8 Å². The van der Waals surface area contributed by atoms with Crippen molar-refractivity contribution in [3.8, 4) is 16.9 Å². The third-order valence-electron chi connectivity index (χ3n) is 4.65. The van der Waals surface area contributed by atoms with Gasteiger partial charge < -0.3 is 13.9 Å². The van der Waals surface area contributed by atoms with Crippen LogP contribution in [0, 0.1) is 6.92 Å². The van der Waals surface area contributed by atoms with Crippen molar-refractivity contribution in [1.82, 2.24) is 9.55 Å². The minimum absolute atomic E-state index is 0.0942. The van der Waals surface area contributed by atoms with Gasteiger partial charge in [-0.2, -0.15) is 0 Å². The van der Waals surface area contributed by atoms with Crippen molar-refractivity contribution in [2.45, 2.75) is 13.5 Å². The Hall–Kier alpha value is -3.39. The summed E-state index contributed by atoms with van der Waals surface area (Å²) in [6.07, 6.45) is 0. The Kier molecular flexibility index (Phi) is 4.94. The summed E-state index contributed by atoms with van der Waals surface area (Å²) in [5.41, 5.74) is 1.58. The van der Waals surface area contributed by atoms with Crippen LogP contribution in [-0.2, 0) is 11.3 Å². The number of carbonyl (C=O) groups excluding carboxylic acids is 1. The molecule has 0 spiro atoms. The molecule has 0 bridgehead atoms. The molecule has 0 atom stereocenters. The zero-order valence-electron chi connectivity index (χ0n) is 16.1. The van der Waals surface area contributed by atoms with Crippen LogP contribution in [-0.4, -0.2) is 29.7 Å². The fourth-order valence-electron chi connectivity index (χ4n) is 3.12. The van der Waals surface area contributed by atoms with Gasteiger partial charge in [0.05, 0.1) is 26.2 Å². The van der Waals surface area contributed by atoms with Gasteiger partial charge in [-0.25, -0.2) is 9.78 Å². The summed E-state index contributed by atoms with van der Waals surface area (Å²) in [6.45, 7) is 1.94. The highest BCUT2D eigenvalue weighted by Gasteiger charge is 2.17. The number of rotatable bonds is 5. The maximum atomic E-state index is 13.3. The molecule has 0 saturated carbocycles. The monoisotopic (exact) mass is 410 g/mol. The molecule has 3 aromatic heterocycles. The summed E-state index contributed by atoms with van der Waals surface area (Å²) in [6, 6.07) is 10.7. The van der Waals surface area contributed by atoms with E-state index < -0.39 is 5.97 Å². The summed E-state index contributed by atoms with van der Waals surface area (Å²) < 4.78 is 16.9. The quantitative estimate of drug-likeness (QED) is 0.465. The molecule has 0 aliphatic rings. The first-order valence-corrected chi connectivity index (χ1v) is 9.70. The lowest BCUT2D eigenvalue weighted by Crippen LogP contribution is -2.24. The number of benzene rings is 1. The zero-order valence-corrected chi connectivity index (χ0v) is 16.9. The van der Waals surface area contributed by atoms with E-state index in [1.165, 1.54) is 24.5 Å². The summed E-state index contributed by atoms with van der Waals surface area (Å²) in [7, 11) is 2.90. The molecule has 0 amide bonds. The van der Waals surface area contributed by atoms with E-state index in [4.69, 9.17) is 9.15 Å². The first-order valence-electron chi connectivity index (χ1n) is 8.82. The van der Waals surface area contributed by atoms with E-state index in [1.807, 2.05) is 29.6 Å². The molecule has 0 aliphatic carbocycles. The maximum absolute atomic E-state index is 13.3. The predicted octanol–water partition coefficient (Wildman–Crippen LogP) is 3.87. The molecular formula is C21H18N2O5S. The topological polar surface area (TPSA) is 83.6 Å². The number of ether oxygens (including phenoxy) is 2. The lowest BCUT2D eigenvalue weighted by molar-refractivity contribution is 0.0563. The van der Waals surface area contributed by atoms with Crippen LogP contribution in [0.25, 0.3) is 21.3 Å². The Labute approximate surface area is 170 Å². The SMILES string of the molecule is COC(=O)c1ccc(Cn2c(C)nc3scc(-c4ccc(OC)cc4)c3c2=O)o1. The Morgan fingerprint density at radius 2 is 1.93 bits per heavy atom. The first-order chi connectivity index (χ1) is 14.0. The number of methoxy groups -OCH3 is 2. The summed E-state index contributed by atoms with van der Waals surface area (Å²) in [4.78, 5) is 30.2. The van der Waals surface area contributed by atoms with Gasteiger partial charge in [-0.3, -0.25) is 9.36 Å².